The van der Waals surface area contributed by atoms with Crippen molar-refractivity contribution in [1.82, 2.24) is 4.90 Å². The zero-order valence-electron chi connectivity index (χ0n) is 9.56. The summed E-state index contributed by atoms with van der Waals surface area (Å²) in [6, 6.07) is 3.28. The molecule has 4 heteroatoms. The molecule has 0 bridgehead atoms. The summed E-state index contributed by atoms with van der Waals surface area (Å²) in [5.74, 6) is -0.0217. The van der Waals surface area contributed by atoms with Gasteiger partial charge in [0.25, 0.3) is 0 Å². The van der Waals surface area contributed by atoms with Gasteiger partial charge in [-0.2, -0.15) is 0 Å². The van der Waals surface area contributed by atoms with Gasteiger partial charge in [-0.1, -0.05) is 12.1 Å². The van der Waals surface area contributed by atoms with Crippen molar-refractivity contribution in [3.05, 3.63) is 35.0 Å². The van der Waals surface area contributed by atoms with Crippen LogP contribution in [0.2, 0.25) is 0 Å². The SMILES string of the molecule is C=CCCCN(C)C(=O)C(N)c1cccs1. The molecule has 0 saturated heterocycles. The van der Waals surface area contributed by atoms with Gasteiger partial charge in [0.05, 0.1) is 0 Å². The summed E-state index contributed by atoms with van der Waals surface area (Å²) >= 11 is 1.52. The Bertz CT molecular complexity index is 335. The monoisotopic (exact) mass is 238 g/mol. The number of thiophene rings is 1. The predicted octanol–water partition coefficient (Wildman–Crippen LogP) is 2.17. The minimum Gasteiger partial charge on any atom is -0.344 e. The molecular formula is C12H18N2OS. The third-order valence-corrected chi connectivity index (χ3v) is 3.35. The van der Waals surface area contributed by atoms with Crippen molar-refractivity contribution in [1.29, 1.82) is 0 Å². The highest BCUT2D eigenvalue weighted by Gasteiger charge is 2.19. The highest BCUT2D eigenvalue weighted by atomic mass is 32.1. The molecule has 0 spiro atoms. The Morgan fingerprint density at radius 1 is 1.75 bits per heavy atom. The van der Waals surface area contributed by atoms with Gasteiger partial charge in [0.1, 0.15) is 6.04 Å². The molecule has 1 amide bonds. The minimum absolute atomic E-state index is 0.0217. The van der Waals surface area contributed by atoms with Crippen LogP contribution < -0.4 is 5.73 Å². The lowest BCUT2D eigenvalue weighted by molar-refractivity contribution is -0.131. The standard InChI is InChI=1S/C12H18N2OS/c1-3-4-5-8-14(2)12(15)11(13)10-7-6-9-16-10/h3,6-7,9,11H,1,4-5,8,13H2,2H3. The Balaban J connectivity index is 2.47. The second-order valence-electron chi connectivity index (χ2n) is 3.68. The van der Waals surface area contributed by atoms with Gasteiger partial charge < -0.3 is 10.6 Å². The normalized spacial score (nSPS) is 12.1. The first-order valence-corrected chi connectivity index (χ1v) is 6.19. The van der Waals surface area contributed by atoms with Crippen molar-refractivity contribution in [2.24, 2.45) is 5.73 Å². The van der Waals surface area contributed by atoms with Crippen LogP contribution >= 0.6 is 11.3 Å². The van der Waals surface area contributed by atoms with E-state index in [0.717, 1.165) is 24.3 Å². The molecule has 0 aliphatic rings. The summed E-state index contributed by atoms with van der Waals surface area (Å²) < 4.78 is 0. The van der Waals surface area contributed by atoms with E-state index in [2.05, 4.69) is 6.58 Å². The summed E-state index contributed by atoms with van der Waals surface area (Å²) in [5.41, 5.74) is 5.89. The van der Waals surface area contributed by atoms with Gasteiger partial charge in [-0.15, -0.1) is 17.9 Å². The minimum atomic E-state index is -0.520. The van der Waals surface area contributed by atoms with Crippen molar-refractivity contribution in [2.45, 2.75) is 18.9 Å². The van der Waals surface area contributed by atoms with E-state index >= 15 is 0 Å². The van der Waals surface area contributed by atoms with Crippen molar-refractivity contribution in [3.63, 3.8) is 0 Å². The summed E-state index contributed by atoms with van der Waals surface area (Å²) in [7, 11) is 1.79. The van der Waals surface area contributed by atoms with Gasteiger partial charge in [-0.05, 0) is 24.3 Å². The zero-order valence-corrected chi connectivity index (χ0v) is 10.4. The number of nitrogens with zero attached hydrogens (tertiary/aromatic N) is 1. The van der Waals surface area contributed by atoms with Gasteiger partial charge in [-0.3, -0.25) is 4.79 Å². The Morgan fingerprint density at radius 2 is 2.50 bits per heavy atom. The first-order chi connectivity index (χ1) is 7.66. The van der Waals surface area contributed by atoms with E-state index in [1.165, 1.54) is 11.3 Å². The number of hydrogen-bond acceptors (Lipinski definition) is 3. The van der Waals surface area contributed by atoms with Gasteiger partial charge >= 0.3 is 0 Å². The van der Waals surface area contributed by atoms with Crippen LogP contribution in [-0.4, -0.2) is 24.4 Å². The van der Waals surface area contributed by atoms with E-state index in [1.807, 2.05) is 23.6 Å². The molecule has 1 heterocycles. The molecule has 0 fully saturated rings. The molecule has 1 atom stereocenters. The molecule has 0 aliphatic carbocycles. The number of likely N-dealkylation sites (N-methyl/N-ethyl adjacent to an activating group) is 1. The van der Waals surface area contributed by atoms with Crippen LogP contribution in [0.15, 0.2) is 30.2 Å². The molecule has 1 aromatic rings. The Kier molecular flexibility index (Phi) is 5.22. The number of nitrogens with two attached hydrogens (primary N) is 1. The van der Waals surface area contributed by atoms with E-state index in [0.29, 0.717) is 0 Å². The van der Waals surface area contributed by atoms with Crippen molar-refractivity contribution < 1.29 is 4.79 Å². The number of hydrogen-bond donors (Lipinski definition) is 1. The quantitative estimate of drug-likeness (QED) is 0.610. The van der Waals surface area contributed by atoms with Gasteiger partial charge in [0.2, 0.25) is 5.91 Å². The van der Waals surface area contributed by atoms with Crippen LogP contribution in [-0.2, 0) is 4.79 Å². The van der Waals surface area contributed by atoms with Crippen LogP contribution in [0.1, 0.15) is 23.8 Å². The van der Waals surface area contributed by atoms with Crippen LogP contribution in [0.25, 0.3) is 0 Å². The molecule has 0 radical (unpaired) electrons. The van der Waals surface area contributed by atoms with Crippen LogP contribution in [0.3, 0.4) is 0 Å². The van der Waals surface area contributed by atoms with Crippen LogP contribution in [0, 0.1) is 0 Å². The number of allylic oxidation sites excluding steroid dienone is 1. The predicted molar refractivity (Wildman–Crippen MR) is 68.3 cm³/mol. The van der Waals surface area contributed by atoms with Crippen LogP contribution in [0.5, 0.6) is 0 Å². The van der Waals surface area contributed by atoms with E-state index in [-0.39, 0.29) is 5.91 Å². The summed E-state index contributed by atoms with van der Waals surface area (Å²) in [6.45, 7) is 4.38. The molecule has 0 aromatic carbocycles. The average molecular weight is 238 g/mol. The fourth-order valence-electron chi connectivity index (χ4n) is 1.41. The third-order valence-electron chi connectivity index (χ3n) is 2.39. The second-order valence-corrected chi connectivity index (χ2v) is 4.66. The molecule has 1 rings (SSSR count). The molecular weight excluding hydrogens is 220 g/mol. The van der Waals surface area contributed by atoms with Crippen molar-refractivity contribution in [2.75, 3.05) is 13.6 Å². The first-order valence-electron chi connectivity index (χ1n) is 5.31. The molecule has 3 nitrogen and oxygen atoms in total. The lowest BCUT2D eigenvalue weighted by atomic mass is 10.2. The Labute approximate surface area is 101 Å². The fourth-order valence-corrected chi connectivity index (χ4v) is 2.13. The smallest absolute Gasteiger partial charge is 0.244 e. The summed E-state index contributed by atoms with van der Waals surface area (Å²) in [4.78, 5) is 14.5. The number of carbonyl (C=O) groups is 1. The number of unbranched alkanes of at least 4 members (excludes halogenated alkanes) is 1. The molecule has 0 saturated carbocycles. The van der Waals surface area contributed by atoms with E-state index in [4.69, 9.17) is 5.73 Å². The molecule has 16 heavy (non-hydrogen) atoms. The second kappa shape index (κ2) is 6.45. The maximum Gasteiger partial charge on any atom is 0.244 e. The lowest BCUT2D eigenvalue weighted by Crippen LogP contribution is -2.36. The van der Waals surface area contributed by atoms with E-state index in [9.17, 15) is 4.79 Å². The topological polar surface area (TPSA) is 46.3 Å². The summed E-state index contributed by atoms with van der Waals surface area (Å²) in [5, 5.41) is 1.93. The van der Waals surface area contributed by atoms with Gasteiger partial charge in [0, 0.05) is 18.5 Å². The van der Waals surface area contributed by atoms with E-state index < -0.39 is 6.04 Å². The highest BCUT2D eigenvalue weighted by Crippen LogP contribution is 2.18. The highest BCUT2D eigenvalue weighted by molar-refractivity contribution is 7.10. The Morgan fingerprint density at radius 3 is 3.06 bits per heavy atom. The first kappa shape index (κ1) is 12.9. The van der Waals surface area contributed by atoms with E-state index in [1.54, 1.807) is 11.9 Å². The molecule has 1 unspecified atom stereocenters. The third kappa shape index (κ3) is 3.47. The number of amides is 1. The fraction of sp³-hybridized carbons (Fsp3) is 0.417. The average Bonchev–Trinajstić information content (AvgIpc) is 2.80. The maximum absolute atomic E-state index is 11.9. The van der Waals surface area contributed by atoms with Crippen molar-refractivity contribution in [3.8, 4) is 0 Å². The van der Waals surface area contributed by atoms with Crippen LogP contribution in [0.4, 0.5) is 0 Å². The Hall–Kier alpha value is -1.13. The molecule has 0 aliphatic heterocycles. The molecule has 2 N–H and O–H groups in total. The lowest BCUT2D eigenvalue weighted by Gasteiger charge is -2.20. The van der Waals surface area contributed by atoms with Gasteiger partial charge in [0.15, 0.2) is 0 Å². The number of rotatable bonds is 6. The largest absolute Gasteiger partial charge is 0.344 e. The number of carbonyl (C=O) groups excluding carboxylic acids is 1. The maximum atomic E-state index is 11.9. The summed E-state index contributed by atoms with van der Waals surface area (Å²) in [6.07, 6.45) is 3.71. The van der Waals surface area contributed by atoms with Crippen molar-refractivity contribution >= 4 is 17.2 Å². The molecule has 88 valence electrons. The van der Waals surface area contributed by atoms with Gasteiger partial charge in [-0.25, -0.2) is 0 Å². The molecule has 1 aromatic heterocycles. The zero-order chi connectivity index (χ0) is 12.0.